The van der Waals surface area contributed by atoms with Crippen molar-refractivity contribution in [2.45, 2.75) is 18.9 Å². The van der Waals surface area contributed by atoms with Crippen LogP contribution >= 0.6 is 43.5 Å². The summed E-state index contributed by atoms with van der Waals surface area (Å²) in [5, 5.41) is 0. The minimum Gasteiger partial charge on any atom is -0.377 e. The van der Waals surface area contributed by atoms with Crippen LogP contribution in [0.15, 0.2) is 27.1 Å². The van der Waals surface area contributed by atoms with Crippen molar-refractivity contribution in [1.82, 2.24) is 4.90 Å². The highest BCUT2D eigenvalue weighted by Gasteiger charge is 2.24. The summed E-state index contributed by atoms with van der Waals surface area (Å²) in [6, 6.07) is 5.62. The Morgan fingerprint density at radius 1 is 1.25 bits per heavy atom. The quantitative estimate of drug-likeness (QED) is 0.681. The number of halogens is 3. The molecule has 0 bridgehead atoms. The van der Waals surface area contributed by atoms with Crippen molar-refractivity contribution in [3.05, 3.63) is 32.7 Å². The van der Waals surface area contributed by atoms with Gasteiger partial charge in [-0.05, 0) is 31.0 Å². The fourth-order valence-electron chi connectivity index (χ4n) is 2.30. The van der Waals surface area contributed by atoms with Crippen molar-refractivity contribution in [3.8, 4) is 0 Å². The Bertz CT molecular complexity index is 456. The Morgan fingerprint density at radius 2 is 1.85 bits per heavy atom. The number of piperidine rings is 1. The van der Waals surface area contributed by atoms with Gasteiger partial charge in [-0.2, -0.15) is 0 Å². The highest BCUT2D eigenvalue weighted by atomic mass is 79.9. The van der Waals surface area contributed by atoms with Crippen LogP contribution in [0.2, 0.25) is 0 Å². The van der Waals surface area contributed by atoms with Gasteiger partial charge in [-0.3, -0.25) is 4.79 Å². The van der Waals surface area contributed by atoms with Gasteiger partial charge in [-0.1, -0.05) is 31.9 Å². The molecule has 0 radical (unpaired) electrons. The highest BCUT2D eigenvalue weighted by molar-refractivity contribution is 9.11. The first-order valence-corrected chi connectivity index (χ1v) is 8.65. The number of carbonyl (C=O) groups is 1. The number of alkyl halides is 1. The Kier molecular flexibility index (Phi) is 6.33. The summed E-state index contributed by atoms with van der Waals surface area (Å²) in [5.41, 5.74) is 0.700. The summed E-state index contributed by atoms with van der Waals surface area (Å²) in [4.78, 5) is 14.3. The molecule has 0 N–H and O–H groups in total. The minimum absolute atomic E-state index is 0.0720. The van der Waals surface area contributed by atoms with Crippen molar-refractivity contribution in [3.63, 3.8) is 0 Å². The molecule has 1 aromatic carbocycles. The number of amides is 1. The van der Waals surface area contributed by atoms with E-state index in [-0.39, 0.29) is 12.0 Å². The van der Waals surface area contributed by atoms with Crippen LogP contribution in [0.5, 0.6) is 0 Å². The molecule has 0 saturated carbocycles. The zero-order valence-electron chi connectivity index (χ0n) is 10.9. The number of rotatable bonds is 4. The van der Waals surface area contributed by atoms with Crippen molar-refractivity contribution in [1.29, 1.82) is 0 Å². The number of hydrogen-bond donors (Lipinski definition) is 0. The van der Waals surface area contributed by atoms with Crippen molar-refractivity contribution in [2.75, 3.05) is 25.6 Å². The average Bonchev–Trinajstić information content (AvgIpc) is 2.44. The van der Waals surface area contributed by atoms with E-state index in [4.69, 9.17) is 16.3 Å². The van der Waals surface area contributed by atoms with E-state index in [1.807, 2.05) is 23.1 Å². The normalized spacial score (nSPS) is 16.4. The fraction of sp³-hybridized carbons (Fsp3) is 0.500. The Hall–Kier alpha value is -0.100. The molecule has 1 aromatic rings. The van der Waals surface area contributed by atoms with Gasteiger partial charge in [0.2, 0.25) is 0 Å². The Balaban J connectivity index is 1.94. The molecule has 1 heterocycles. The second kappa shape index (κ2) is 7.78. The van der Waals surface area contributed by atoms with Crippen molar-refractivity contribution < 1.29 is 9.53 Å². The van der Waals surface area contributed by atoms with Crippen LogP contribution in [0.3, 0.4) is 0 Å². The van der Waals surface area contributed by atoms with Gasteiger partial charge in [0, 0.05) is 33.5 Å². The molecule has 1 aliphatic rings. The smallest absolute Gasteiger partial charge is 0.253 e. The van der Waals surface area contributed by atoms with Crippen LogP contribution in [0.4, 0.5) is 0 Å². The third-order valence-electron chi connectivity index (χ3n) is 3.27. The average molecular weight is 426 g/mol. The lowest BCUT2D eigenvalue weighted by Crippen LogP contribution is -2.41. The summed E-state index contributed by atoms with van der Waals surface area (Å²) < 4.78 is 7.42. The minimum atomic E-state index is 0.0720. The second-order valence-electron chi connectivity index (χ2n) is 4.71. The molecule has 0 unspecified atom stereocenters. The van der Waals surface area contributed by atoms with Crippen LogP contribution in [0, 0.1) is 0 Å². The third-order valence-corrected chi connectivity index (χ3v) is 4.34. The predicted molar refractivity (Wildman–Crippen MR) is 87.4 cm³/mol. The van der Waals surface area contributed by atoms with Gasteiger partial charge in [0.1, 0.15) is 0 Å². The first-order valence-electron chi connectivity index (χ1n) is 6.53. The summed E-state index contributed by atoms with van der Waals surface area (Å²) >= 11 is 12.4. The predicted octanol–water partition coefficient (Wildman–Crippen LogP) is 4.07. The Morgan fingerprint density at radius 3 is 2.40 bits per heavy atom. The maximum absolute atomic E-state index is 12.4. The van der Waals surface area contributed by atoms with Gasteiger partial charge >= 0.3 is 0 Å². The SMILES string of the molecule is O=C(c1cc(Br)cc(Br)c1)N1CCC(OCCCl)CC1. The Labute approximate surface area is 140 Å². The van der Waals surface area contributed by atoms with Crippen LogP contribution in [0.25, 0.3) is 0 Å². The number of hydrogen-bond acceptors (Lipinski definition) is 2. The largest absolute Gasteiger partial charge is 0.377 e. The van der Waals surface area contributed by atoms with Gasteiger partial charge in [-0.25, -0.2) is 0 Å². The van der Waals surface area contributed by atoms with Crippen molar-refractivity contribution >= 4 is 49.4 Å². The number of likely N-dealkylation sites (tertiary alicyclic amines) is 1. The number of nitrogens with zero attached hydrogens (tertiary/aromatic N) is 1. The topological polar surface area (TPSA) is 29.5 Å². The van der Waals surface area contributed by atoms with E-state index in [2.05, 4.69) is 31.9 Å². The molecule has 3 nitrogen and oxygen atoms in total. The van der Waals surface area contributed by atoms with E-state index >= 15 is 0 Å². The number of ether oxygens (including phenoxy) is 1. The molecule has 0 spiro atoms. The molecule has 0 aromatic heterocycles. The monoisotopic (exact) mass is 423 g/mol. The van der Waals surface area contributed by atoms with Gasteiger partial charge in [-0.15, -0.1) is 11.6 Å². The maximum Gasteiger partial charge on any atom is 0.253 e. The van der Waals surface area contributed by atoms with Crippen molar-refractivity contribution in [2.24, 2.45) is 0 Å². The molecule has 0 atom stereocenters. The molecular weight excluding hydrogens is 409 g/mol. The first kappa shape index (κ1) is 16.3. The molecule has 110 valence electrons. The zero-order chi connectivity index (χ0) is 14.5. The first-order chi connectivity index (χ1) is 9.60. The van der Waals surface area contributed by atoms with Crippen LogP contribution in [-0.4, -0.2) is 42.5 Å². The molecule has 1 amide bonds. The van der Waals surface area contributed by atoms with E-state index in [0.29, 0.717) is 18.1 Å². The molecule has 6 heteroatoms. The third kappa shape index (κ3) is 4.45. The summed E-state index contributed by atoms with van der Waals surface area (Å²) in [6.45, 7) is 2.05. The number of carbonyl (C=O) groups excluding carboxylic acids is 1. The summed E-state index contributed by atoms with van der Waals surface area (Å²) in [6.07, 6.45) is 1.97. The highest BCUT2D eigenvalue weighted by Crippen LogP contribution is 2.23. The zero-order valence-corrected chi connectivity index (χ0v) is 14.9. The lowest BCUT2D eigenvalue weighted by Gasteiger charge is -2.32. The molecule has 0 aliphatic carbocycles. The van der Waals surface area contributed by atoms with Crippen LogP contribution in [0.1, 0.15) is 23.2 Å². The molecule has 1 aliphatic heterocycles. The molecule has 2 rings (SSSR count). The lowest BCUT2D eigenvalue weighted by atomic mass is 10.1. The van der Waals surface area contributed by atoms with Gasteiger partial charge in [0.15, 0.2) is 0 Å². The second-order valence-corrected chi connectivity index (χ2v) is 6.92. The molecule has 1 fully saturated rings. The maximum atomic E-state index is 12.4. The van der Waals surface area contributed by atoms with Gasteiger partial charge < -0.3 is 9.64 Å². The van der Waals surface area contributed by atoms with E-state index in [9.17, 15) is 4.79 Å². The summed E-state index contributed by atoms with van der Waals surface area (Å²) in [5.74, 6) is 0.591. The van der Waals surface area contributed by atoms with E-state index in [1.165, 1.54) is 0 Å². The van der Waals surface area contributed by atoms with Gasteiger partial charge in [0.05, 0.1) is 12.7 Å². The molecular formula is C14H16Br2ClNO2. The fourth-order valence-corrected chi connectivity index (χ4v) is 3.68. The molecule has 20 heavy (non-hydrogen) atoms. The van der Waals surface area contributed by atoms with Gasteiger partial charge in [0.25, 0.3) is 5.91 Å². The van der Waals surface area contributed by atoms with Crippen LogP contribution < -0.4 is 0 Å². The summed E-state index contributed by atoms with van der Waals surface area (Å²) in [7, 11) is 0. The van der Waals surface area contributed by atoms with E-state index in [1.54, 1.807) is 0 Å². The van der Waals surface area contributed by atoms with Crippen LogP contribution in [-0.2, 0) is 4.74 Å². The van der Waals surface area contributed by atoms with E-state index < -0.39 is 0 Å². The standard InChI is InChI=1S/C14H16Br2ClNO2/c15-11-7-10(8-12(16)9-11)14(19)18-4-1-13(2-5-18)20-6-3-17/h7-9,13H,1-6H2. The number of benzene rings is 1. The molecule has 1 saturated heterocycles. The lowest BCUT2D eigenvalue weighted by molar-refractivity contribution is 0.0154. The van der Waals surface area contributed by atoms with E-state index in [0.717, 1.165) is 34.9 Å².